The maximum Gasteiger partial charge on any atom is -0.0116 e. The minimum Gasteiger partial charge on any atom is -0.0848 e. The highest BCUT2D eigenvalue weighted by atomic mass is 14.5. The first-order chi connectivity index (χ1) is 6.01. The summed E-state index contributed by atoms with van der Waals surface area (Å²) in [6.45, 7) is 9.54. The lowest BCUT2D eigenvalue weighted by molar-refractivity contribution is 0.261. The Kier molecular flexibility index (Phi) is 2.05. The Labute approximate surface area is 82.4 Å². The predicted molar refractivity (Wildman–Crippen MR) is 57.5 cm³/mol. The Morgan fingerprint density at radius 2 is 2.08 bits per heavy atom. The summed E-state index contributed by atoms with van der Waals surface area (Å²) in [5.41, 5.74) is 2.10. The molecular formula is C13H22. The van der Waals surface area contributed by atoms with Crippen molar-refractivity contribution in [2.24, 2.45) is 23.2 Å². The van der Waals surface area contributed by atoms with E-state index >= 15 is 0 Å². The second-order valence-corrected chi connectivity index (χ2v) is 5.75. The fourth-order valence-corrected chi connectivity index (χ4v) is 2.68. The molecular weight excluding hydrogens is 156 g/mol. The summed E-state index contributed by atoms with van der Waals surface area (Å²) in [4.78, 5) is 0. The van der Waals surface area contributed by atoms with Crippen LogP contribution in [0, 0.1) is 23.2 Å². The normalized spacial score (nSPS) is 41.8. The maximum absolute atomic E-state index is 2.46. The lowest BCUT2D eigenvalue weighted by Gasteiger charge is -2.29. The van der Waals surface area contributed by atoms with Gasteiger partial charge in [-0.15, -0.1) is 0 Å². The lowest BCUT2D eigenvalue weighted by atomic mass is 9.75. The molecule has 13 heavy (non-hydrogen) atoms. The molecule has 0 saturated heterocycles. The average molecular weight is 178 g/mol. The molecule has 0 heterocycles. The molecule has 3 atom stereocenters. The summed E-state index contributed by atoms with van der Waals surface area (Å²) in [7, 11) is 0. The fourth-order valence-electron chi connectivity index (χ4n) is 2.68. The van der Waals surface area contributed by atoms with E-state index in [0.717, 1.165) is 17.8 Å². The van der Waals surface area contributed by atoms with Crippen molar-refractivity contribution >= 4 is 0 Å². The van der Waals surface area contributed by atoms with Crippen molar-refractivity contribution in [1.82, 2.24) is 0 Å². The van der Waals surface area contributed by atoms with Gasteiger partial charge in [-0.1, -0.05) is 32.4 Å². The molecule has 3 unspecified atom stereocenters. The average Bonchev–Trinajstić information content (AvgIpc) is 2.67. The van der Waals surface area contributed by atoms with E-state index in [1.165, 1.54) is 19.3 Å². The maximum atomic E-state index is 2.46. The van der Waals surface area contributed by atoms with E-state index < -0.39 is 0 Å². The Hall–Kier alpha value is -0.260. The van der Waals surface area contributed by atoms with E-state index in [1.54, 1.807) is 5.57 Å². The third kappa shape index (κ3) is 1.56. The highest BCUT2D eigenvalue weighted by molar-refractivity contribution is 5.18. The minimum atomic E-state index is 0.488. The van der Waals surface area contributed by atoms with Gasteiger partial charge in [0, 0.05) is 0 Å². The predicted octanol–water partition coefficient (Wildman–Crippen LogP) is 4.02. The van der Waals surface area contributed by atoms with Crippen LogP contribution in [0.2, 0.25) is 0 Å². The molecule has 74 valence electrons. The molecule has 2 aliphatic rings. The van der Waals surface area contributed by atoms with Crippen LogP contribution >= 0.6 is 0 Å². The summed E-state index contributed by atoms with van der Waals surface area (Å²) in [6.07, 6.45) is 6.76. The first-order valence-electron chi connectivity index (χ1n) is 5.69. The molecule has 0 aromatic rings. The molecule has 1 saturated carbocycles. The van der Waals surface area contributed by atoms with E-state index in [2.05, 4.69) is 33.8 Å². The molecule has 0 aromatic carbocycles. The standard InChI is InChI=1S/C13H22/c1-9-7-11(9)8-12-6-5-10(2)13(12,3)4/h5,9,11-12H,6-8H2,1-4H3. The third-order valence-electron chi connectivity index (χ3n) is 4.61. The van der Waals surface area contributed by atoms with Gasteiger partial charge in [-0.25, -0.2) is 0 Å². The van der Waals surface area contributed by atoms with Crippen LogP contribution in [0.25, 0.3) is 0 Å². The van der Waals surface area contributed by atoms with E-state index in [1.807, 2.05) is 0 Å². The summed E-state index contributed by atoms with van der Waals surface area (Å²) >= 11 is 0. The van der Waals surface area contributed by atoms with Crippen LogP contribution in [0.3, 0.4) is 0 Å². The number of rotatable bonds is 2. The van der Waals surface area contributed by atoms with Gasteiger partial charge in [-0.3, -0.25) is 0 Å². The van der Waals surface area contributed by atoms with Crippen LogP contribution in [-0.2, 0) is 0 Å². The number of hydrogen-bond acceptors (Lipinski definition) is 0. The molecule has 1 fully saturated rings. The number of hydrogen-bond donors (Lipinski definition) is 0. The van der Waals surface area contributed by atoms with Crippen LogP contribution in [-0.4, -0.2) is 0 Å². The van der Waals surface area contributed by atoms with Gasteiger partial charge in [0.15, 0.2) is 0 Å². The van der Waals surface area contributed by atoms with Crippen LogP contribution in [0.5, 0.6) is 0 Å². The van der Waals surface area contributed by atoms with Gasteiger partial charge in [0.2, 0.25) is 0 Å². The molecule has 0 nitrogen and oxygen atoms in total. The molecule has 0 amide bonds. The van der Waals surface area contributed by atoms with Crippen molar-refractivity contribution in [3.63, 3.8) is 0 Å². The van der Waals surface area contributed by atoms with Gasteiger partial charge in [-0.05, 0) is 49.4 Å². The topological polar surface area (TPSA) is 0 Å². The summed E-state index contributed by atoms with van der Waals surface area (Å²) in [5, 5.41) is 0. The van der Waals surface area contributed by atoms with Crippen molar-refractivity contribution < 1.29 is 0 Å². The van der Waals surface area contributed by atoms with Crippen molar-refractivity contribution in [2.75, 3.05) is 0 Å². The largest absolute Gasteiger partial charge is 0.0848 e. The Morgan fingerprint density at radius 1 is 1.46 bits per heavy atom. The van der Waals surface area contributed by atoms with E-state index in [-0.39, 0.29) is 0 Å². The van der Waals surface area contributed by atoms with Crippen LogP contribution in [0.15, 0.2) is 11.6 Å². The summed E-state index contributed by atoms with van der Waals surface area (Å²) < 4.78 is 0. The van der Waals surface area contributed by atoms with Crippen molar-refractivity contribution in [2.45, 2.75) is 47.0 Å². The zero-order valence-electron chi connectivity index (χ0n) is 9.43. The Morgan fingerprint density at radius 3 is 2.46 bits per heavy atom. The van der Waals surface area contributed by atoms with Gasteiger partial charge in [0.05, 0.1) is 0 Å². The molecule has 0 spiro atoms. The van der Waals surface area contributed by atoms with Gasteiger partial charge in [0.25, 0.3) is 0 Å². The smallest absolute Gasteiger partial charge is 0.0116 e. The highest BCUT2D eigenvalue weighted by Crippen LogP contribution is 2.51. The van der Waals surface area contributed by atoms with Crippen LogP contribution in [0.1, 0.15) is 47.0 Å². The minimum absolute atomic E-state index is 0.488. The molecule has 2 rings (SSSR count). The molecule has 0 radical (unpaired) electrons. The Bertz CT molecular complexity index is 234. The molecule has 0 bridgehead atoms. The van der Waals surface area contributed by atoms with Gasteiger partial charge in [-0.2, -0.15) is 0 Å². The zero-order chi connectivity index (χ0) is 9.64. The first kappa shape index (κ1) is 9.30. The molecule has 0 heteroatoms. The van der Waals surface area contributed by atoms with Gasteiger partial charge >= 0.3 is 0 Å². The highest BCUT2D eigenvalue weighted by Gasteiger charge is 2.41. The Balaban J connectivity index is 1.95. The van der Waals surface area contributed by atoms with Crippen molar-refractivity contribution in [3.05, 3.63) is 11.6 Å². The van der Waals surface area contributed by atoms with E-state index in [4.69, 9.17) is 0 Å². The van der Waals surface area contributed by atoms with E-state index in [9.17, 15) is 0 Å². The van der Waals surface area contributed by atoms with Crippen LogP contribution in [0.4, 0.5) is 0 Å². The van der Waals surface area contributed by atoms with Gasteiger partial charge < -0.3 is 0 Å². The van der Waals surface area contributed by atoms with Crippen molar-refractivity contribution in [1.29, 1.82) is 0 Å². The second kappa shape index (κ2) is 2.87. The molecule has 0 aliphatic heterocycles. The monoisotopic (exact) mass is 178 g/mol. The van der Waals surface area contributed by atoms with Gasteiger partial charge in [0.1, 0.15) is 0 Å². The van der Waals surface area contributed by atoms with Crippen molar-refractivity contribution in [3.8, 4) is 0 Å². The quantitative estimate of drug-likeness (QED) is 0.560. The molecule has 0 aromatic heterocycles. The summed E-state index contributed by atoms with van der Waals surface area (Å²) in [5.74, 6) is 3.02. The van der Waals surface area contributed by atoms with E-state index in [0.29, 0.717) is 5.41 Å². The molecule has 2 aliphatic carbocycles. The number of allylic oxidation sites excluding steroid dienone is 2. The SMILES string of the molecule is CC1=CCC(CC2CC2C)C1(C)C. The molecule has 0 N–H and O–H groups in total. The summed E-state index contributed by atoms with van der Waals surface area (Å²) in [6, 6.07) is 0. The zero-order valence-corrected chi connectivity index (χ0v) is 9.43. The second-order valence-electron chi connectivity index (χ2n) is 5.75. The fraction of sp³-hybridized carbons (Fsp3) is 0.846. The third-order valence-corrected chi connectivity index (χ3v) is 4.61. The first-order valence-corrected chi connectivity index (χ1v) is 5.69. The van der Waals surface area contributed by atoms with Crippen LogP contribution < -0.4 is 0 Å². The lowest BCUT2D eigenvalue weighted by Crippen LogP contribution is -2.20.